The molecule has 0 radical (unpaired) electrons. The van der Waals surface area contributed by atoms with Gasteiger partial charge in [-0.3, -0.25) is 0 Å². The van der Waals surface area contributed by atoms with Crippen LogP contribution in [-0.4, -0.2) is 38.1 Å². The molecule has 5 nitrogen and oxygen atoms in total. The summed E-state index contributed by atoms with van der Waals surface area (Å²) in [5.74, 6) is 0. The van der Waals surface area contributed by atoms with Gasteiger partial charge in [0, 0.05) is 31.4 Å². The Hall–Kier alpha value is -2.04. The van der Waals surface area contributed by atoms with Gasteiger partial charge in [-0.05, 0) is 37.8 Å². The number of carbonyl (C=O) groups is 1. The molecule has 2 aromatic heterocycles. The van der Waals surface area contributed by atoms with Gasteiger partial charge < -0.3 is 14.4 Å². The van der Waals surface area contributed by atoms with Crippen LogP contribution >= 0.6 is 0 Å². The summed E-state index contributed by atoms with van der Waals surface area (Å²) in [4.78, 5) is 17.5. The van der Waals surface area contributed by atoms with E-state index in [1.807, 2.05) is 35.9 Å². The molecule has 5 heteroatoms. The average Bonchev–Trinajstić information content (AvgIpc) is 2.83. The molecule has 1 aliphatic heterocycles. The molecule has 20 heavy (non-hydrogen) atoms. The third kappa shape index (κ3) is 2.35. The first-order valence-corrected chi connectivity index (χ1v) is 7.08. The molecular weight excluding hydrogens is 254 g/mol. The second-order valence-corrected chi connectivity index (χ2v) is 5.48. The molecule has 1 aliphatic rings. The van der Waals surface area contributed by atoms with Crippen LogP contribution in [0.3, 0.4) is 0 Å². The van der Waals surface area contributed by atoms with Gasteiger partial charge in [-0.2, -0.15) is 0 Å². The molecule has 0 bridgehead atoms. The molecule has 2 aromatic rings. The van der Waals surface area contributed by atoms with Crippen LogP contribution < -0.4 is 0 Å². The quantitative estimate of drug-likeness (QED) is 0.915. The second-order valence-electron chi connectivity index (χ2n) is 5.48. The number of aryl methyl sites for hydroxylation is 1. The van der Waals surface area contributed by atoms with Crippen LogP contribution in [0.2, 0.25) is 0 Å². The van der Waals surface area contributed by atoms with E-state index in [1.165, 1.54) is 0 Å². The minimum absolute atomic E-state index is 0.0615. The lowest BCUT2D eigenvalue weighted by atomic mass is 9.99. The van der Waals surface area contributed by atoms with Crippen molar-refractivity contribution in [1.82, 2.24) is 14.3 Å². The van der Waals surface area contributed by atoms with Crippen LogP contribution in [0.15, 0.2) is 24.5 Å². The van der Waals surface area contributed by atoms with Crippen molar-refractivity contribution in [3.05, 3.63) is 35.8 Å². The summed E-state index contributed by atoms with van der Waals surface area (Å²) in [7, 11) is 0. The molecule has 0 aromatic carbocycles. The number of pyridine rings is 1. The third-order valence-corrected chi connectivity index (χ3v) is 4.05. The Bertz CT molecular complexity index is 635. The van der Waals surface area contributed by atoms with Crippen LogP contribution in [0.5, 0.6) is 0 Å². The van der Waals surface area contributed by atoms with E-state index < -0.39 is 6.09 Å². The largest absolute Gasteiger partial charge is 0.465 e. The number of hydrogen-bond acceptors (Lipinski definition) is 2. The maximum Gasteiger partial charge on any atom is 0.407 e. The standard InChI is InChI=1S/C15H19N3O2/c1-11-5-4-7-17-10-12(16-14(11)17)9-13-6-2-3-8-18(13)15(19)20/h4-5,7,10,13H,2-3,6,8-9H2,1H3,(H,19,20)/t13-/m0/s1. The maximum absolute atomic E-state index is 11.3. The van der Waals surface area contributed by atoms with Gasteiger partial charge in [-0.1, -0.05) is 6.07 Å². The van der Waals surface area contributed by atoms with Crippen molar-refractivity contribution in [3.8, 4) is 0 Å². The van der Waals surface area contributed by atoms with E-state index in [4.69, 9.17) is 0 Å². The highest BCUT2D eigenvalue weighted by molar-refractivity contribution is 5.65. The number of nitrogens with zero attached hydrogens (tertiary/aromatic N) is 3. The fourth-order valence-corrected chi connectivity index (χ4v) is 3.01. The van der Waals surface area contributed by atoms with E-state index in [9.17, 15) is 9.90 Å². The van der Waals surface area contributed by atoms with Gasteiger partial charge >= 0.3 is 6.09 Å². The predicted molar refractivity (Wildman–Crippen MR) is 76.0 cm³/mol. The zero-order valence-corrected chi connectivity index (χ0v) is 11.6. The van der Waals surface area contributed by atoms with Crippen molar-refractivity contribution in [2.45, 2.75) is 38.6 Å². The Kier molecular flexibility index (Phi) is 3.34. The van der Waals surface area contributed by atoms with E-state index in [2.05, 4.69) is 4.98 Å². The Labute approximate surface area is 117 Å². The van der Waals surface area contributed by atoms with Crippen molar-refractivity contribution in [2.24, 2.45) is 0 Å². The minimum atomic E-state index is -0.811. The fraction of sp³-hybridized carbons (Fsp3) is 0.467. The molecule has 0 aliphatic carbocycles. The SMILES string of the molecule is Cc1cccn2cc(C[C@@H]3CCCCN3C(=O)O)nc12. The van der Waals surface area contributed by atoms with Crippen LogP contribution in [0, 0.1) is 6.92 Å². The molecule has 106 valence electrons. The van der Waals surface area contributed by atoms with E-state index in [0.29, 0.717) is 13.0 Å². The highest BCUT2D eigenvalue weighted by atomic mass is 16.4. The smallest absolute Gasteiger partial charge is 0.407 e. The molecule has 3 rings (SSSR count). The van der Waals surface area contributed by atoms with Crippen molar-refractivity contribution in [3.63, 3.8) is 0 Å². The fourth-order valence-electron chi connectivity index (χ4n) is 3.01. The Morgan fingerprint density at radius 2 is 2.35 bits per heavy atom. The summed E-state index contributed by atoms with van der Waals surface area (Å²) in [6.45, 7) is 2.68. The predicted octanol–water partition coefficient (Wildman–Crippen LogP) is 2.72. The summed E-state index contributed by atoms with van der Waals surface area (Å²) >= 11 is 0. The molecule has 1 fully saturated rings. The van der Waals surface area contributed by atoms with Gasteiger partial charge in [0.25, 0.3) is 0 Å². The van der Waals surface area contributed by atoms with E-state index in [-0.39, 0.29) is 6.04 Å². The number of piperidine rings is 1. The summed E-state index contributed by atoms with van der Waals surface area (Å²) < 4.78 is 2.01. The van der Waals surface area contributed by atoms with Gasteiger partial charge in [0.15, 0.2) is 0 Å². The number of rotatable bonds is 2. The van der Waals surface area contributed by atoms with Gasteiger partial charge in [0.05, 0.1) is 5.69 Å². The number of carboxylic acid groups (broad SMARTS) is 1. The number of amides is 1. The molecule has 0 saturated carbocycles. The summed E-state index contributed by atoms with van der Waals surface area (Å²) in [6, 6.07) is 4.10. The molecule has 1 N–H and O–H groups in total. The van der Waals surface area contributed by atoms with Crippen LogP contribution in [-0.2, 0) is 6.42 Å². The molecule has 1 amide bonds. The van der Waals surface area contributed by atoms with E-state index in [1.54, 1.807) is 4.90 Å². The number of aromatic nitrogens is 2. The van der Waals surface area contributed by atoms with Crippen molar-refractivity contribution < 1.29 is 9.90 Å². The lowest BCUT2D eigenvalue weighted by molar-refractivity contribution is 0.106. The monoisotopic (exact) mass is 273 g/mol. The molecule has 1 atom stereocenters. The first-order valence-electron chi connectivity index (χ1n) is 7.08. The molecule has 1 saturated heterocycles. The van der Waals surface area contributed by atoms with Crippen molar-refractivity contribution >= 4 is 11.7 Å². The topological polar surface area (TPSA) is 57.8 Å². The van der Waals surface area contributed by atoms with Gasteiger partial charge in [-0.25, -0.2) is 9.78 Å². The Morgan fingerprint density at radius 1 is 1.50 bits per heavy atom. The molecular formula is C15H19N3O2. The first kappa shape index (κ1) is 13.0. The zero-order chi connectivity index (χ0) is 14.1. The molecule has 0 spiro atoms. The third-order valence-electron chi connectivity index (χ3n) is 4.05. The van der Waals surface area contributed by atoms with Crippen molar-refractivity contribution in [1.29, 1.82) is 0 Å². The second kappa shape index (κ2) is 5.15. The number of likely N-dealkylation sites (tertiary alicyclic amines) is 1. The number of fused-ring (bicyclic) bond motifs is 1. The molecule has 3 heterocycles. The average molecular weight is 273 g/mol. The maximum atomic E-state index is 11.3. The van der Waals surface area contributed by atoms with Gasteiger partial charge in [0.2, 0.25) is 0 Å². The number of hydrogen-bond donors (Lipinski definition) is 1. The van der Waals surface area contributed by atoms with E-state index in [0.717, 1.165) is 36.2 Å². The first-order chi connectivity index (χ1) is 9.65. The summed E-state index contributed by atoms with van der Waals surface area (Å²) in [5.41, 5.74) is 3.06. The number of imidazole rings is 1. The van der Waals surface area contributed by atoms with Crippen LogP contribution in [0.4, 0.5) is 4.79 Å². The highest BCUT2D eigenvalue weighted by Gasteiger charge is 2.27. The van der Waals surface area contributed by atoms with Gasteiger partial charge in [-0.15, -0.1) is 0 Å². The summed E-state index contributed by atoms with van der Waals surface area (Å²) in [6.07, 6.45) is 6.88. The Balaban J connectivity index is 1.84. The minimum Gasteiger partial charge on any atom is -0.465 e. The van der Waals surface area contributed by atoms with Gasteiger partial charge in [0.1, 0.15) is 5.65 Å². The molecule has 0 unspecified atom stereocenters. The van der Waals surface area contributed by atoms with E-state index >= 15 is 0 Å². The summed E-state index contributed by atoms with van der Waals surface area (Å²) in [5, 5.41) is 9.27. The lowest BCUT2D eigenvalue weighted by Crippen LogP contribution is -2.44. The van der Waals surface area contributed by atoms with Crippen LogP contribution in [0.1, 0.15) is 30.5 Å². The lowest BCUT2D eigenvalue weighted by Gasteiger charge is -2.33. The van der Waals surface area contributed by atoms with Crippen LogP contribution in [0.25, 0.3) is 5.65 Å². The van der Waals surface area contributed by atoms with Crippen molar-refractivity contribution in [2.75, 3.05) is 6.54 Å². The zero-order valence-electron chi connectivity index (χ0n) is 11.6. The Morgan fingerprint density at radius 3 is 3.10 bits per heavy atom. The normalized spacial score (nSPS) is 19.4. The highest BCUT2D eigenvalue weighted by Crippen LogP contribution is 2.21.